The van der Waals surface area contributed by atoms with Crippen LogP contribution in [0, 0.1) is 5.82 Å². The first-order valence-electron chi connectivity index (χ1n) is 5.53. The fraction of sp³-hybridized carbons (Fsp3) is 0.0714. The number of amides is 1. The van der Waals surface area contributed by atoms with Gasteiger partial charge in [-0.15, -0.1) is 11.6 Å². The molecule has 0 fully saturated rings. The molecule has 0 aliphatic heterocycles. The van der Waals surface area contributed by atoms with Crippen LogP contribution in [0.2, 0.25) is 0 Å². The van der Waals surface area contributed by atoms with Gasteiger partial charge in [0.15, 0.2) is 0 Å². The van der Waals surface area contributed by atoms with E-state index in [2.05, 4.69) is 21.2 Å². The van der Waals surface area contributed by atoms with Crippen molar-refractivity contribution in [3.8, 4) is 0 Å². The quantitative estimate of drug-likeness (QED) is 0.817. The number of benzene rings is 2. The molecule has 0 saturated heterocycles. The summed E-state index contributed by atoms with van der Waals surface area (Å²) in [5, 5.41) is 1.61. The van der Waals surface area contributed by atoms with Crippen molar-refractivity contribution in [1.29, 1.82) is 0 Å². The summed E-state index contributed by atoms with van der Waals surface area (Å²) in [5.41, 5.74) is 0.772. The van der Waals surface area contributed by atoms with Gasteiger partial charge < -0.3 is 5.32 Å². The van der Waals surface area contributed by atoms with E-state index in [9.17, 15) is 9.18 Å². The monoisotopic (exact) mass is 341 g/mol. The fourth-order valence-corrected chi connectivity index (χ4v) is 2.09. The van der Waals surface area contributed by atoms with Crippen molar-refractivity contribution in [1.82, 2.24) is 0 Å². The Bertz CT molecular complexity index is 591. The highest BCUT2D eigenvalue weighted by molar-refractivity contribution is 9.10. The average Bonchev–Trinajstić information content (AvgIpc) is 2.42. The van der Waals surface area contributed by atoms with Gasteiger partial charge >= 0.3 is 0 Å². The molecule has 1 unspecified atom stereocenters. The Hall–Kier alpha value is -1.39. The maximum atomic E-state index is 13.6. The van der Waals surface area contributed by atoms with Gasteiger partial charge in [0.05, 0.1) is 5.69 Å². The molecule has 0 aromatic heterocycles. The van der Waals surface area contributed by atoms with E-state index < -0.39 is 17.1 Å². The largest absolute Gasteiger partial charge is 0.322 e. The molecule has 98 valence electrons. The Morgan fingerprint density at radius 3 is 2.53 bits per heavy atom. The number of hydrogen-bond acceptors (Lipinski definition) is 1. The van der Waals surface area contributed by atoms with Gasteiger partial charge in [-0.1, -0.05) is 46.3 Å². The van der Waals surface area contributed by atoms with Gasteiger partial charge in [0.25, 0.3) is 0 Å². The topological polar surface area (TPSA) is 29.1 Å². The Kier molecular flexibility index (Phi) is 4.56. The van der Waals surface area contributed by atoms with Crippen molar-refractivity contribution < 1.29 is 9.18 Å². The summed E-state index contributed by atoms with van der Waals surface area (Å²) in [6.07, 6.45) is 0. The summed E-state index contributed by atoms with van der Waals surface area (Å²) in [5.74, 6) is -0.978. The van der Waals surface area contributed by atoms with E-state index in [4.69, 9.17) is 11.6 Å². The minimum absolute atomic E-state index is 0.106. The molecule has 0 radical (unpaired) electrons. The number of anilines is 1. The van der Waals surface area contributed by atoms with E-state index in [-0.39, 0.29) is 5.69 Å². The van der Waals surface area contributed by atoms with Crippen molar-refractivity contribution in [3.63, 3.8) is 0 Å². The zero-order chi connectivity index (χ0) is 13.8. The maximum absolute atomic E-state index is 13.6. The number of hydrogen-bond donors (Lipinski definition) is 1. The molecule has 2 aromatic carbocycles. The van der Waals surface area contributed by atoms with Gasteiger partial charge in [0, 0.05) is 4.47 Å². The third-order valence-corrected chi connectivity index (χ3v) is 3.45. The van der Waals surface area contributed by atoms with E-state index in [0.29, 0.717) is 10.0 Å². The molecule has 19 heavy (non-hydrogen) atoms. The molecule has 1 amide bonds. The van der Waals surface area contributed by atoms with E-state index >= 15 is 0 Å². The second-order valence-electron chi connectivity index (χ2n) is 3.89. The summed E-state index contributed by atoms with van der Waals surface area (Å²) in [6, 6.07) is 13.3. The average molecular weight is 343 g/mol. The molecule has 2 aromatic rings. The number of halogens is 3. The van der Waals surface area contributed by atoms with Crippen LogP contribution in [0.4, 0.5) is 10.1 Å². The van der Waals surface area contributed by atoms with Crippen molar-refractivity contribution in [2.24, 2.45) is 0 Å². The minimum Gasteiger partial charge on any atom is -0.322 e. The van der Waals surface area contributed by atoms with Crippen LogP contribution in [0.5, 0.6) is 0 Å². The van der Waals surface area contributed by atoms with Crippen LogP contribution < -0.4 is 5.32 Å². The molecule has 0 heterocycles. The number of nitrogens with one attached hydrogen (secondary N) is 1. The van der Waals surface area contributed by atoms with Crippen LogP contribution >= 0.6 is 27.5 Å². The zero-order valence-electron chi connectivity index (χ0n) is 9.74. The molecule has 1 N–H and O–H groups in total. The summed E-state index contributed by atoms with van der Waals surface area (Å²) in [4.78, 5) is 11.9. The second kappa shape index (κ2) is 6.17. The molecule has 0 aliphatic carbocycles. The standard InChI is InChI=1S/C14H10BrClFNO/c15-10-6-7-12(11(17)8-10)18-14(19)13(16)9-4-2-1-3-5-9/h1-8,13H,(H,18,19). The van der Waals surface area contributed by atoms with Crippen LogP contribution in [0.25, 0.3) is 0 Å². The molecular formula is C14H10BrClFNO. The lowest BCUT2D eigenvalue weighted by molar-refractivity contribution is -0.116. The Labute approximate surface area is 123 Å². The van der Waals surface area contributed by atoms with E-state index in [1.165, 1.54) is 12.1 Å². The molecule has 5 heteroatoms. The first-order chi connectivity index (χ1) is 9.08. The first-order valence-corrected chi connectivity index (χ1v) is 6.76. The van der Waals surface area contributed by atoms with Gasteiger partial charge in [-0.25, -0.2) is 4.39 Å². The van der Waals surface area contributed by atoms with Gasteiger partial charge in [-0.05, 0) is 23.8 Å². The predicted molar refractivity (Wildman–Crippen MR) is 77.8 cm³/mol. The third kappa shape index (κ3) is 3.55. The number of rotatable bonds is 3. The van der Waals surface area contributed by atoms with Gasteiger partial charge in [0.1, 0.15) is 11.2 Å². The molecule has 0 aliphatic rings. The number of carbonyl (C=O) groups is 1. The molecule has 0 spiro atoms. The fourth-order valence-electron chi connectivity index (χ4n) is 1.56. The molecule has 2 rings (SSSR count). The van der Waals surface area contributed by atoms with Gasteiger partial charge in [-0.3, -0.25) is 4.79 Å². The highest BCUT2D eigenvalue weighted by atomic mass is 79.9. The highest BCUT2D eigenvalue weighted by Gasteiger charge is 2.18. The first kappa shape index (κ1) is 14.0. The highest BCUT2D eigenvalue weighted by Crippen LogP contribution is 2.24. The minimum atomic E-state index is -0.857. The number of alkyl halides is 1. The molecule has 2 nitrogen and oxygen atoms in total. The summed E-state index contributed by atoms with van der Waals surface area (Å²) in [7, 11) is 0. The summed E-state index contributed by atoms with van der Waals surface area (Å²) >= 11 is 9.20. The summed E-state index contributed by atoms with van der Waals surface area (Å²) < 4.78 is 14.2. The molecule has 1 atom stereocenters. The van der Waals surface area contributed by atoms with E-state index in [1.807, 2.05) is 6.07 Å². The van der Waals surface area contributed by atoms with Crippen molar-refractivity contribution in [2.45, 2.75) is 5.38 Å². The molecule has 0 bridgehead atoms. The van der Waals surface area contributed by atoms with Gasteiger partial charge in [-0.2, -0.15) is 0 Å². The van der Waals surface area contributed by atoms with Crippen molar-refractivity contribution in [2.75, 3.05) is 5.32 Å². The third-order valence-electron chi connectivity index (χ3n) is 2.51. The normalized spacial score (nSPS) is 11.9. The molecular weight excluding hydrogens is 333 g/mol. The van der Waals surface area contributed by atoms with Crippen LogP contribution in [0.1, 0.15) is 10.9 Å². The lowest BCUT2D eigenvalue weighted by Gasteiger charge is -2.11. The predicted octanol–water partition coefficient (Wildman–Crippen LogP) is 4.51. The van der Waals surface area contributed by atoms with Crippen LogP contribution in [0.3, 0.4) is 0 Å². The van der Waals surface area contributed by atoms with Gasteiger partial charge in [0.2, 0.25) is 5.91 Å². The van der Waals surface area contributed by atoms with Crippen LogP contribution in [0.15, 0.2) is 53.0 Å². The van der Waals surface area contributed by atoms with Crippen LogP contribution in [-0.2, 0) is 4.79 Å². The SMILES string of the molecule is O=C(Nc1ccc(Br)cc1F)C(Cl)c1ccccc1. The zero-order valence-corrected chi connectivity index (χ0v) is 12.1. The maximum Gasteiger partial charge on any atom is 0.247 e. The Morgan fingerprint density at radius 1 is 1.21 bits per heavy atom. The smallest absolute Gasteiger partial charge is 0.247 e. The summed E-state index contributed by atoms with van der Waals surface area (Å²) in [6.45, 7) is 0. The lowest BCUT2D eigenvalue weighted by Crippen LogP contribution is -2.18. The van der Waals surface area contributed by atoms with Crippen molar-refractivity contribution in [3.05, 3.63) is 64.4 Å². The van der Waals surface area contributed by atoms with E-state index in [1.54, 1.807) is 30.3 Å². The van der Waals surface area contributed by atoms with Crippen molar-refractivity contribution >= 4 is 39.1 Å². The second-order valence-corrected chi connectivity index (χ2v) is 5.24. The molecule has 0 saturated carbocycles. The Morgan fingerprint density at radius 2 is 1.89 bits per heavy atom. The number of carbonyl (C=O) groups excluding carboxylic acids is 1. The van der Waals surface area contributed by atoms with Crippen LogP contribution in [-0.4, -0.2) is 5.91 Å². The Balaban J connectivity index is 2.13. The van der Waals surface area contributed by atoms with E-state index in [0.717, 1.165) is 0 Å². The lowest BCUT2D eigenvalue weighted by atomic mass is 10.1.